The Bertz CT molecular complexity index is 896. The van der Waals surface area contributed by atoms with Crippen molar-refractivity contribution in [3.63, 3.8) is 0 Å². The van der Waals surface area contributed by atoms with Gasteiger partial charge in [-0.3, -0.25) is 4.79 Å². The van der Waals surface area contributed by atoms with Crippen molar-refractivity contribution in [2.45, 2.75) is 39.3 Å². The van der Waals surface area contributed by atoms with Crippen molar-refractivity contribution in [3.8, 4) is 5.75 Å². The smallest absolute Gasteiger partial charge is 0.328 e. The molecule has 2 aromatic carbocycles. The average molecular weight is 446 g/mol. The maximum absolute atomic E-state index is 13.5. The number of esters is 1. The van der Waals surface area contributed by atoms with E-state index in [-0.39, 0.29) is 5.91 Å². The molecule has 1 heterocycles. The fraction of sp³-hybridized carbons (Fsp3) is 0.364. The Morgan fingerprint density at radius 1 is 1.21 bits per heavy atom. The van der Waals surface area contributed by atoms with Crippen LogP contribution in [0.15, 0.2) is 40.9 Å². The van der Waals surface area contributed by atoms with Crippen LogP contribution in [0, 0.1) is 6.92 Å². The second kappa shape index (κ2) is 8.78. The predicted octanol–water partition coefficient (Wildman–Crippen LogP) is 4.29. The summed E-state index contributed by atoms with van der Waals surface area (Å²) in [6, 6.07) is 10.8. The van der Waals surface area contributed by atoms with Crippen LogP contribution >= 0.6 is 15.9 Å². The quantitative estimate of drug-likeness (QED) is 0.644. The number of carbonyl (C=O) groups is 2. The van der Waals surface area contributed by atoms with Gasteiger partial charge in [-0.15, -0.1) is 0 Å². The summed E-state index contributed by atoms with van der Waals surface area (Å²) in [4.78, 5) is 27.5. The molecule has 6 heteroatoms. The van der Waals surface area contributed by atoms with Crippen molar-refractivity contribution >= 4 is 27.8 Å². The Hall–Kier alpha value is -2.34. The van der Waals surface area contributed by atoms with E-state index in [2.05, 4.69) is 15.9 Å². The lowest BCUT2D eigenvalue weighted by molar-refractivity contribution is -0.146. The number of ether oxygens (including phenoxy) is 2. The number of halogens is 1. The normalized spacial score (nSPS) is 15.7. The minimum absolute atomic E-state index is 0.223. The van der Waals surface area contributed by atoms with Crippen molar-refractivity contribution in [3.05, 3.63) is 63.1 Å². The molecule has 0 fully saturated rings. The predicted molar refractivity (Wildman–Crippen MR) is 110 cm³/mol. The van der Waals surface area contributed by atoms with Crippen molar-refractivity contribution < 1.29 is 19.1 Å². The third-order valence-corrected chi connectivity index (χ3v) is 5.42. The number of hydrogen-bond acceptors (Lipinski definition) is 4. The molecule has 0 radical (unpaired) electrons. The summed E-state index contributed by atoms with van der Waals surface area (Å²) in [5.74, 6) is -0.0546. The first-order valence-electron chi connectivity index (χ1n) is 9.34. The monoisotopic (exact) mass is 445 g/mol. The first-order chi connectivity index (χ1) is 13.5. The lowest BCUT2D eigenvalue weighted by atomic mass is 9.93. The lowest BCUT2D eigenvalue weighted by Crippen LogP contribution is -2.49. The Labute approximate surface area is 173 Å². The fourth-order valence-corrected chi connectivity index (χ4v) is 3.89. The van der Waals surface area contributed by atoms with Gasteiger partial charge >= 0.3 is 5.97 Å². The van der Waals surface area contributed by atoms with Crippen LogP contribution in [0.2, 0.25) is 0 Å². The molecule has 0 spiro atoms. The highest BCUT2D eigenvalue weighted by atomic mass is 79.9. The Kier molecular flexibility index (Phi) is 6.39. The van der Waals surface area contributed by atoms with Gasteiger partial charge in [0, 0.05) is 17.4 Å². The first kappa shape index (κ1) is 20.4. The van der Waals surface area contributed by atoms with Gasteiger partial charge in [-0.2, -0.15) is 0 Å². The van der Waals surface area contributed by atoms with Crippen LogP contribution in [0.25, 0.3) is 0 Å². The van der Waals surface area contributed by atoms with Gasteiger partial charge in [0.05, 0.1) is 19.3 Å². The number of amides is 1. The van der Waals surface area contributed by atoms with Gasteiger partial charge in [-0.25, -0.2) is 4.79 Å². The van der Waals surface area contributed by atoms with Gasteiger partial charge in [0.15, 0.2) is 0 Å². The molecular formula is C22H24BrNO4. The summed E-state index contributed by atoms with van der Waals surface area (Å²) in [7, 11) is 1.35. The minimum Gasteiger partial charge on any atom is -0.492 e. The van der Waals surface area contributed by atoms with Crippen LogP contribution in [0.5, 0.6) is 5.75 Å². The molecule has 5 nitrogen and oxygen atoms in total. The molecule has 28 heavy (non-hydrogen) atoms. The van der Waals surface area contributed by atoms with Gasteiger partial charge in [0.25, 0.3) is 5.91 Å². The minimum atomic E-state index is -0.668. The van der Waals surface area contributed by atoms with Crippen molar-refractivity contribution in [1.82, 2.24) is 4.90 Å². The zero-order chi connectivity index (χ0) is 20.3. The molecule has 0 aliphatic carbocycles. The molecule has 148 valence electrons. The molecule has 1 amide bonds. The van der Waals surface area contributed by atoms with Gasteiger partial charge < -0.3 is 14.4 Å². The van der Waals surface area contributed by atoms with E-state index < -0.39 is 12.0 Å². The number of fused-ring (bicyclic) bond motifs is 1. The Balaban J connectivity index is 2.00. The second-order valence-electron chi connectivity index (χ2n) is 6.89. The number of carbonyl (C=O) groups excluding carboxylic acids is 2. The van der Waals surface area contributed by atoms with E-state index in [4.69, 9.17) is 9.47 Å². The number of rotatable bonds is 5. The molecule has 3 rings (SSSR count). The van der Waals surface area contributed by atoms with E-state index in [9.17, 15) is 9.59 Å². The number of benzene rings is 2. The third-order valence-electron chi connectivity index (χ3n) is 4.93. The van der Waals surface area contributed by atoms with Crippen LogP contribution in [0.4, 0.5) is 0 Å². The van der Waals surface area contributed by atoms with E-state index in [0.717, 1.165) is 27.6 Å². The van der Waals surface area contributed by atoms with Gasteiger partial charge in [0.2, 0.25) is 0 Å². The molecule has 0 bridgehead atoms. The summed E-state index contributed by atoms with van der Waals surface area (Å²) in [5.41, 5.74) is 3.44. The summed E-state index contributed by atoms with van der Waals surface area (Å²) in [6.45, 7) is 4.82. The van der Waals surface area contributed by atoms with Crippen LogP contribution in [-0.4, -0.2) is 36.5 Å². The second-order valence-corrected chi connectivity index (χ2v) is 7.80. The zero-order valence-corrected chi connectivity index (χ0v) is 17.9. The lowest BCUT2D eigenvalue weighted by Gasteiger charge is -2.35. The van der Waals surface area contributed by atoms with E-state index >= 15 is 0 Å². The number of para-hydroxylation sites is 1. The van der Waals surface area contributed by atoms with Gasteiger partial charge in [-0.05, 0) is 48.2 Å². The highest BCUT2D eigenvalue weighted by Crippen LogP contribution is 2.31. The van der Waals surface area contributed by atoms with Crippen molar-refractivity contribution in [1.29, 1.82) is 0 Å². The average Bonchev–Trinajstić information content (AvgIpc) is 2.70. The van der Waals surface area contributed by atoms with Crippen molar-refractivity contribution in [2.24, 2.45) is 0 Å². The summed E-state index contributed by atoms with van der Waals surface area (Å²) in [6.07, 6.45) is 1.27. The molecule has 1 aliphatic rings. The highest BCUT2D eigenvalue weighted by Gasteiger charge is 2.37. The van der Waals surface area contributed by atoms with Crippen LogP contribution in [0.1, 0.15) is 40.4 Å². The summed E-state index contributed by atoms with van der Waals surface area (Å²) < 4.78 is 11.8. The number of nitrogens with zero attached hydrogens (tertiary/aromatic N) is 1. The SMILES string of the molecule is CCCOc1c(C)cccc1C(=O)N1Cc2ccc(Br)cc2CC1C(=O)OC. The number of aryl methyl sites for hydroxylation is 1. The first-order valence-corrected chi connectivity index (χ1v) is 10.1. The summed E-state index contributed by atoms with van der Waals surface area (Å²) >= 11 is 3.47. The zero-order valence-electron chi connectivity index (χ0n) is 16.3. The number of methoxy groups -OCH3 is 1. The van der Waals surface area contributed by atoms with Crippen LogP contribution in [-0.2, 0) is 22.5 Å². The fourth-order valence-electron chi connectivity index (χ4n) is 3.48. The molecule has 1 unspecified atom stereocenters. The molecule has 0 saturated carbocycles. The van der Waals surface area contributed by atoms with E-state index in [1.807, 2.05) is 44.2 Å². The molecular weight excluding hydrogens is 422 g/mol. The molecule has 0 saturated heterocycles. The van der Waals surface area contributed by atoms with E-state index in [1.165, 1.54) is 7.11 Å². The summed E-state index contributed by atoms with van der Waals surface area (Å²) in [5, 5.41) is 0. The standard InChI is InChI=1S/C22H24BrNO4/c1-4-10-28-20-14(2)6-5-7-18(20)21(25)24-13-15-8-9-17(23)11-16(15)12-19(24)22(26)27-3/h5-9,11,19H,4,10,12-13H2,1-3H3. The van der Waals surface area contributed by atoms with Crippen LogP contribution in [0.3, 0.4) is 0 Å². The highest BCUT2D eigenvalue weighted by molar-refractivity contribution is 9.10. The largest absolute Gasteiger partial charge is 0.492 e. The van der Waals surface area contributed by atoms with Crippen LogP contribution < -0.4 is 4.74 Å². The van der Waals surface area contributed by atoms with Gasteiger partial charge in [0.1, 0.15) is 11.8 Å². The molecule has 2 aromatic rings. The topological polar surface area (TPSA) is 55.8 Å². The van der Waals surface area contributed by atoms with E-state index in [0.29, 0.717) is 30.9 Å². The maximum atomic E-state index is 13.5. The van der Waals surface area contributed by atoms with Gasteiger partial charge in [-0.1, -0.05) is 41.1 Å². The van der Waals surface area contributed by atoms with Crippen molar-refractivity contribution in [2.75, 3.05) is 13.7 Å². The Morgan fingerprint density at radius 2 is 2.00 bits per heavy atom. The molecule has 0 N–H and O–H groups in total. The molecule has 1 atom stereocenters. The van der Waals surface area contributed by atoms with E-state index in [1.54, 1.807) is 11.0 Å². The molecule has 1 aliphatic heterocycles. The molecule has 0 aromatic heterocycles. The third kappa shape index (κ3) is 4.07. The maximum Gasteiger partial charge on any atom is 0.328 e. The number of hydrogen-bond donors (Lipinski definition) is 0. The Morgan fingerprint density at radius 3 is 2.71 bits per heavy atom.